The Kier molecular flexibility index (Phi) is 2.31. The second-order valence-corrected chi connectivity index (χ2v) is 5.63. The van der Waals surface area contributed by atoms with E-state index in [-0.39, 0.29) is 5.56 Å². The van der Waals surface area contributed by atoms with Crippen LogP contribution in [0.1, 0.15) is 20.7 Å². The largest absolute Gasteiger partial charge is 0.465 e. The molecule has 0 radical (unpaired) electrons. The summed E-state index contributed by atoms with van der Waals surface area (Å²) in [6, 6.07) is 4.31. The Morgan fingerprint density at radius 3 is 2.75 bits per heavy atom. The second kappa shape index (κ2) is 3.41. The van der Waals surface area contributed by atoms with Gasteiger partial charge in [0.25, 0.3) is 5.91 Å². The van der Waals surface area contributed by atoms with Gasteiger partial charge in [-0.2, -0.15) is 4.36 Å². The molecule has 0 aliphatic carbocycles. The summed E-state index contributed by atoms with van der Waals surface area (Å²) in [6.07, 6.45) is 1.37. The van der Waals surface area contributed by atoms with Crippen LogP contribution < -0.4 is 0 Å². The predicted molar refractivity (Wildman–Crippen MR) is 56.9 cm³/mol. The first-order valence-corrected chi connectivity index (χ1v) is 6.37. The van der Waals surface area contributed by atoms with Crippen LogP contribution in [0.5, 0.6) is 0 Å². The minimum absolute atomic E-state index is 0.265. The SMILES string of the molecule is COC(=O)c1ccc2c(c1)S(C)(=O)=NC2=O. The molecule has 84 valence electrons. The molecule has 0 saturated carbocycles. The Labute approximate surface area is 92.6 Å². The minimum atomic E-state index is -2.70. The normalized spacial score (nSPS) is 22.5. The van der Waals surface area contributed by atoms with Crippen LogP contribution in [-0.2, 0) is 14.5 Å². The summed E-state index contributed by atoms with van der Waals surface area (Å²) < 4.78 is 20.0. The topological polar surface area (TPSA) is 72.8 Å². The van der Waals surface area contributed by atoms with E-state index >= 15 is 0 Å². The third-order valence-corrected chi connectivity index (χ3v) is 3.97. The molecule has 1 aliphatic rings. The lowest BCUT2D eigenvalue weighted by Gasteiger charge is -2.03. The zero-order valence-corrected chi connectivity index (χ0v) is 9.54. The van der Waals surface area contributed by atoms with Gasteiger partial charge >= 0.3 is 5.97 Å². The molecule has 0 fully saturated rings. The smallest absolute Gasteiger partial charge is 0.337 e. The predicted octanol–water partition coefficient (Wildman–Crippen LogP) is 1.08. The molecular weight excluding hydrogens is 230 g/mol. The average Bonchev–Trinajstić information content (AvgIpc) is 2.48. The average molecular weight is 239 g/mol. The van der Waals surface area contributed by atoms with Gasteiger partial charge in [0.05, 0.1) is 32.9 Å². The van der Waals surface area contributed by atoms with E-state index in [1.807, 2.05) is 0 Å². The Balaban J connectivity index is 2.65. The van der Waals surface area contributed by atoms with Gasteiger partial charge in [0.15, 0.2) is 0 Å². The maximum absolute atomic E-state index is 11.9. The van der Waals surface area contributed by atoms with Gasteiger partial charge in [-0.1, -0.05) is 0 Å². The van der Waals surface area contributed by atoms with E-state index < -0.39 is 21.6 Å². The summed E-state index contributed by atoms with van der Waals surface area (Å²) in [5.41, 5.74) is 0.556. The van der Waals surface area contributed by atoms with Crippen LogP contribution in [0.15, 0.2) is 27.5 Å². The lowest BCUT2D eigenvalue weighted by molar-refractivity contribution is 0.0600. The van der Waals surface area contributed by atoms with Crippen LogP contribution in [0.3, 0.4) is 0 Å². The Morgan fingerprint density at radius 1 is 1.44 bits per heavy atom. The number of hydrogen-bond acceptors (Lipinski definition) is 4. The summed E-state index contributed by atoms with van der Waals surface area (Å²) in [4.78, 5) is 23.0. The molecule has 1 aromatic carbocycles. The number of ether oxygens (including phenoxy) is 1. The first kappa shape index (κ1) is 10.8. The van der Waals surface area contributed by atoms with E-state index in [0.717, 1.165) is 0 Å². The number of carbonyl (C=O) groups is 2. The number of hydrogen-bond donors (Lipinski definition) is 0. The zero-order chi connectivity index (χ0) is 11.9. The summed E-state index contributed by atoms with van der Waals surface area (Å²) in [6.45, 7) is 0. The third kappa shape index (κ3) is 1.51. The van der Waals surface area contributed by atoms with Crippen molar-refractivity contribution in [3.8, 4) is 0 Å². The molecule has 1 aliphatic heterocycles. The Hall–Kier alpha value is -1.69. The Bertz CT molecular complexity index is 611. The summed E-state index contributed by atoms with van der Waals surface area (Å²) in [5.74, 6) is -1.03. The fraction of sp³-hybridized carbons (Fsp3) is 0.200. The number of rotatable bonds is 1. The number of amides is 1. The first-order valence-electron chi connectivity index (χ1n) is 4.44. The van der Waals surface area contributed by atoms with Gasteiger partial charge < -0.3 is 4.74 Å². The molecular formula is C10H9NO4S. The fourth-order valence-electron chi connectivity index (χ4n) is 1.51. The highest BCUT2D eigenvalue weighted by molar-refractivity contribution is 7.93. The van der Waals surface area contributed by atoms with Crippen LogP contribution in [0.4, 0.5) is 0 Å². The van der Waals surface area contributed by atoms with Crippen molar-refractivity contribution >= 4 is 21.6 Å². The number of carbonyl (C=O) groups excluding carboxylic acids is 2. The zero-order valence-electron chi connectivity index (χ0n) is 8.72. The van der Waals surface area contributed by atoms with Crippen LogP contribution in [-0.4, -0.2) is 29.5 Å². The van der Waals surface area contributed by atoms with Gasteiger partial charge in [0.1, 0.15) is 0 Å². The molecule has 0 bridgehead atoms. The van der Waals surface area contributed by atoms with Gasteiger partial charge in [0, 0.05) is 6.26 Å². The highest BCUT2D eigenvalue weighted by Gasteiger charge is 2.26. The standard InChI is InChI=1S/C10H9NO4S/c1-15-10(13)6-3-4-7-8(5-6)16(2,14)11-9(7)12/h3-5H,1-2H3. The quantitative estimate of drug-likeness (QED) is 0.687. The van der Waals surface area contributed by atoms with E-state index in [4.69, 9.17) is 0 Å². The number of fused-ring (bicyclic) bond motifs is 1. The summed E-state index contributed by atoms with van der Waals surface area (Å²) in [7, 11) is -1.44. The molecule has 0 spiro atoms. The third-order valence-electron chi connectivity index (χ3n) is 2.30. The number of esters is 1. The van der Waals surface area contributed by atoms with E-state index in [0.29, 0.717) is 10.5 Å². The van der Waals surface area contributed by atoms with Gasteiger partial charge in [-0.15, -0.1) is 0 Å². The molecule has 6 heteroatoms. The highest BCUT2D eigenvalue weighted by atomic mass is 32.2. The molecule has 2 rings (SSSR count). The molecule has 0 N–H and O–H groups in total. The molecule has 5 nitrogen and oxygen atoms in total. The van der Waals surface area contributed by atoms with Crippen molar-refractivity contribution < 1.29 is 18.5 Å². The van der Waals surface area contributed by atoms with Crippen molar-refractivity contribution in [1.29, 1.82) is 0 Å². The van der Waals surface area contributed by atoms with Crippen LogP contribution in [0, 0.1) is 0 Å². The molecule has 1 amide bonds. The van der Waals surface area contributed by atoms with Crippen molar-refractivity contribution in [3.63, 3.8) is 0 Å². The molecule has 1 atom stereocenters. The molecule has 1 unspecified atom stereocenters. The number of nitrogens with zero attached hydrogens (tertiary/aromatic N) is 1. The van der Waals surface area contributed by atoms with Crippen molar-refractivity contribution in [1.82, 2.24) is 0 Å². The van der Waals surface area contributed by atoms with Crippen molar-refractivity contribution in [2.75, 3.05) is 13.4 Å². The van der Waals surface area contributed by atoms with Crippen LogP contribution in [0.2, 0.25) is 0 Å². The van der Waals surface area contributed by atoms with Crippen molar-refractivity contribution in [2.45, 2.75) is 4.90 Å². The van der Waals surface area contributed by atoms with Gasteiger partial charge in [-0.25, -0.2) is 9.00 Å². The monoisotopic (exact) mass is 239 g/mol. The van der Waals surface area contributed by atoms with Gasteiger partial charge in [-0.05, 0) is 18.2 Å². The molecule has 0 saturated heterocycles. The van der Waals surface area contributed by atoms with Crippen molar-refractivity contribution in [3.05, 3.63) is 29.3 Å². The first-order chi connectivity index (χ1) is 7.45. The maximum Gasteiger partial charge on any atom is 0.337 e. The Morgan fingerprint density at radius 2 is 2.12 bits per heavy atom. The lowest BCUT2D eigenvalue weighted by atomic mass is 10.1. The van der Waals surface area contributed by atoms with E-state index in [9.17, 15) is 13.8 Å². The molecule has 1 aromatic rings. The van der Waals surface area contributed by atoms with Gasteiger partial charge in [-0.3, -0.25) is 4.79 Å². The second-order valence-electron chi connectivity index (χ2n) is 3.40. The number of benzene rings is 1. The number of methoxy groups -OCH3 is 1. The van der Waals surface area contributed by atoms with E-state index in [1.54, 1.807) is 0 Å². The molecule has 16 heavy (non-hydrogen) atoms. The minimum Gasteiger partial charge on any atom is -0.465 e. The highest BCUT2D eigenvalue weighted by Crippen LogP contribution is 2.26. The van der Waals surface area contributed by atoms with Crippen LogP contribution in [0.25, 0.3) is 0 Å². The van der Waals surface area contributed by atoms with Crippen LogP contribution >= 0.6 is 0 Å². The molecule has 1 heterocycles. The van der Waals surface area contributed by atoms with Crippen molar-refractivity contribution in [2.24, 2.45) is 4.36 Å². The summed E-state index contributed by atoms with van der Waals surface area (Å²) >= 11 is 0. The lowest BCUT2D eigenvalue weighted by Crippen LogP contribution is -2.04. The summed E-state index contributed by atoms with van der Waals surface area (Å²) in [5, 5.41) is 0. The molecule has 0 aromatic heterocycles. The fourth-order valence-corrected chi connectivity index (χ4v) is 2.94. The van der Waals surface area contributed by atoms with Gasteiger partial charge in [0.2, 0.25) is 0 Å². The van der Waals surface area contributed by atoms with E-state index in [2.05, 4.69) is 9.10 Å². The maximum atomic E-state index is 11.9. The van der Waals surface area contributed by atoms with E-state index in [1.165, 1.54) is 31.6 Å².